The van der Waals surface area contributed by atoms with Crippen molar-refractivity contribution in [1.29, 1.82) is 0 Å². The third kappa shape index (κ3) is 3.21. The van der Waals surface area contributed by atoms with Crippen LogP contribution < -0.4 is 5.56 Å². The third-order valence-corrected chi connectivity index (χ3v) is 9.16. The van der Waals surface area contributed by atoms with Crippen molar-refractivity contribution >= 4 is 54.9 Å². The molecule has 0 saturated carbocycles. The van der Waals surface area contributed by atoms with Crippen molar-refractivity contribution in [2.75, 3.05) is 0 Å². The van der Waals surface area contributed by atoms with E-state index < -0.39 is 0 Å². The Labute approximate surface area is 181 Å². The van der Waals surface area contributed by atoms with E-state index in [0.717, 1.165) is 50.5 Å². The summed E-state index contributed by atoms with van der Waals surface area (Å²) < 4.78 is 0. The topological polar surface area (TPSA) is 71.5 Å². The molecule has 0 aromatic carbocycles. The Morgan fingerprint density at radius 1 is 1.21 bits per heavy atom. The van der Waals surface area contributed by atoms with Crippen molar-refractivity contribution < 1.29 is 0 Å². The highest BCUT2D eigenvalue weighted by molar-refractivity contribution is 7.99. The Morgan fingerprint density at radius 3 is 2.86 bits per heavy atom. The molecule has 0 saturated heterocycles. The van der Waals surface area contributed by atoms with Crippen LogP contribution in [0.1, 0.15) is 52.2 Å². The number of H-pyrrole nitrogens is 1. The minimum atomic E-state index is -0.0112. The minimum Gasteiger partial charge on any atom is -0.309 e. The SMILES string of the molecule is Cc1sc2ncnc(SC(C)c3nc4sc5c(c4c(=O)[nH]3)CCC(C)C5)c2c1C. The van der Waals surface area contributed by atoms with Gasteiger partial charge in [0.15, 0.2) is 0 Å². The Kier molecular flexibility index (Phi) is 4.75. The largest absolute Gasteiger partial charge is 0.309 e. The molecule has 0 fully saturated rings. The summed E-state index contributed by atoms with van der Waals surface area (Å²) in [5.41, 5.74) is 2.46. The number of thioether (sulfide) groups is 1. The van der Waals surface area contributed by atoms with Crippen molar-refractivity contribution in [3.63, 3.8) is 0 Å². The maximum absolute atomic E-state index is 12.9. The summed E-state index contributed by atoms with van der Waals surface area (Å²) in [6.45, 7) is 8.60. The summed E-state index contributed by atoms with van der Waals surface area (Å²) in [5, 5.41) is 2.87. The van der Waals surface area contributed by atoms with Crippen LogP contribution in [0.15, 0.2) is 16.1 Å². The first-order valence-electron chi connectivity index (χ1n) is 9.84. The predicted molar refractivity (Wildman–Crippen MR) is 123 cm³/mol. The van der Waals surface area contributed by atoms with Crippen LogP contribution in [0.5, 0.6) is 0 Å². The van der Waals surface area contributed by atoms with E-state index in [2.05, 4.69) is 42.6 Å². The van der Waals surface area contributed by atoms with Crippen molar-refractivity contribution in [2.45, 2.75) is 57.2 Å². The number of aromatic nitrogens is 4. The molecule has 150 valence electrons. The molecule has 0 bridgehead atoms. The standard InChI is InChI=1S/C21H22N4OS3/c1-9-5-6-13-14(7-9)29-21-16(13)18(26)24-17(25-21)12(4)28-20-15-10(2)11(3)27-19(15)22-8-23-20/h8-9,12H,5-7H2,1-4H3,(H,24,25,26). The van der Waals surface area contributed by atoms with Crippen LogP contribution in [0.3, 0.4) is 0 Å². The average Bonchev–Trinajstić information content (AvgIpc) is 3.19. The van der Waals surface area contributed by atoms with E-state index in [1.165, 1.54) is 20.9 Å². The lowest BCUT2D eigenvalue weighted by atomic mass is 9.89. The first-order chi connectivity index (χ1) is 13.9. The van der Waals surface area contributed by atoms with Gasteiger partial charge in [-0.25, -0.2) is 15.0 Å². The summed E-state index contributed by atoms with van der Waals surface area (Å²) in [6.07, 6.45) is 4.82. The number of hydrogen-bond acceptors (Lipinski definition) is 7. The molecule has 0 radical (unpaired) electrons. The normalized spacial score (nSPS) is 17.7. The molecular weight excluding hydrogens is 420 g/mol. The third-order valence-electron chi connectivity index (χ3n) is 5.79. The zero-order valence-electron chi connectivity index (χ0n) is 16.8. The molecule has 0 amide bonds. The van der Waals surface area contributed by atoms with Gasteiger partial charge in [-0.15, -0.1) is 22.7 Å². The van der Waals surface area contributed by atoms with Crippen molar-refractivity contribution in [3.8, 4) is 0 Å². The molecule has 5 nitrogen and oxygen atoms in total. The second-order valence-corrected chi connectivity index (χ2v) is 11.5. The summed E-state index contributed by atoms with van der Waals surface area (Å²) in [6, 6.07) is 0. The molecule has 5 rings (SSSR count). The second kappa shape index (κ2) is 7.18. The van der Waals surface area contributed by atoms with Crippen LogP contribution in [-0.4, -0.2) is 19.9 Å². The lowest BCUT2D eigenvalue weighted by molar-refractivity contribution is 0.509. The number of rotatable bonds is 3. The minimum absolute atomic E-state index is 0.0000964. The summed E-state index contributed by atoms with van der Waals surface area (Å²) in [7, 11) is 0. The fraction of sp³-hybridized carbons (Fsp3) is 0.429. The van der Waals surface area contributed by atoms with E-state index in [0.29, 0.717) is 5.92 Å². The smallest absolute Gasteiger partial charge is 0.259 e. The number of nitrogens with one attached hydrogen (secondary N) is 1. The van der Waals surface area contributed by atoms with Gasteiger partial charge in [-0.3, -0.25) is 4.79 Å². The second-order valence-electron chi connectivity index (χ2n) is 7.89. The Balaban J connectivity index is 1.54. The van der Waals surface area contributed by atoms with Gasteiger partial charge in [0.25, 0.3) is 5.56 Å². The Bertz CT molecular complexity index is 1300. The molecule has 4 aromatic rings. The van der Waals surface area contributed by atoms with Gasteiger partial charge in [0.1, 0.15) is 26.8 Å². The van der Waals surface area contributed by atoms with Crippen molar-refractivity contribution in [3.05, 3.63) is 43.4 Å². The summed E-state index contributed by atoms with van der Waals surface area (Å²) >= 11 is 5.03. The monoisotopic (exact) mass is 442 g/mol. The van der Waals surface area contributed by atoms with E-state index in [1.54, 1.807) is 40.8 Å². The first-order valence-corrected chi connectivity index (χ1v) is 12.4. The Morgan fingerprint density at radius 2 is 2.03 bits per heavy atom. The highest BCUT2D eigenvalue weighted by atomic mass is 32.2. The van der Waals surface area contributed by atoms with Crippen LogP contribution in [0.4, 0.5) is 0 Å². The van der Waals surface area contributed by atoms with Gasteiger partial charge in [-0.1, -0.05) is 18.7 Å². The molecule has 1 aliphatic rings. The lowest BCUT2D eigenvalue weighted by Crippen LogP contribution is -2.15. The fourth-order valence-electron chi connectivity index (χ4n) is 4.02. The molecule has 1 aliphatic carbocycles. The van der Waals surface area contributed by atoms with E-state index >= 15 is 0 Å². The number of nitrogens with zero attached hydrogens (tertiary/aromatic N) is 3. The molecule has 29 heavy (non-hydrogen) atoms. The Hall–Kier alpha value is -1.77. The molecule has 2 atom stereocenters. The van der Waals surface area contributed by atoms with Crippen LogP contribution in [-0.2, 0) is 12.8 Å². The number of thiophene rings is 2. The molecule has 8 heteroatoms. The molecule has 2 unspecified atom stereocenters. The zero-order valence-corrected chi connectivity index (χ0v) is 19.3. The van der Waals surface area contributed by atoms with E-state index in [4.69, 9.17) is 4.98 Å². The number of aryl methyl sites for hydroxylation is 3. The summed E-state index contributed by atoms with van der Waals surface area (Å²) in [5.74, 6) is 1.40. The van der Waals surface area contributed by atoms with Crippen LogP contribution in [0.25, 0.3) is 20.4 Å². The number of aromatic amines is 1. The zero-order chi connectivity index (χ0) is 20.3. The van der Waals surface area contributed by atoms with Crippen LogP contribution >= 0.6 is 34.4 Å². The van der Waals surface area contributed by atoms with Crippen molar-refractivity contribution in [2.24, 2.45) is 5.92 Å². The van der Waals surface area contributed by atoms with Gasteiger partial charge >= 0.3 is 0 Å². The maximum Gasteiger partial charge on any atom is 0.259 e. The van der Waals surface area contributed by atoms with Crippen LogP contribution in [0, 0.1) is 19.8 Å². The van der Waals surface area contributed by atoms with Crippen molar-refractivity contribution in [1.82, 2.24) is 19.9 Å². The molecule has 4 aromatic heterocycles. The van der Waals surface area contributed by atoms with Gasteiger partial charge in [0.05, 0.1) is 10.6 Å². The first kappa shape index (κ1) is 19.2. The number of hydrogen-bond donors (Lipinski definition) is 1. The predicted octanol–water partition coefficient (Wildman–Crippen LogP) is 5.58. The molecule has 4 heterocycles. The highest BCUT2D eigenvalue weighted by Crippen LogP contribution is 2.41. The summed E-state index contributed by atoms with van der Waals surface area (Å²) in [4.78, 5) is 34.3. The van der Waals surface area contributed by atoms with Gasteiger partial charge in [-0.05, 0) is 57.1 Å². The lowest BCUT2D eigenvalue weighted by Gasteiger charge is -2.17. The quantitative estimate of drug-likeness (QED) is 0.331. The van der Waals surface area contributed by atoms with Gasteiger partial charge in [0.2, 0.25) is 0 Å². The van der Waals surface area contributed by atoms with E-state index in [1.807, 2.05) is 0 Å². The van der Waals surface area contributed by atoms with Gasteiger partial charge in [-0.2, -0.15) is 0 Å². The van der Waals surface area contributed by atoms with Gasteiger partial charge in [0, 0.05) is 15.1 Å². The fourth-order valence-corrected chi connectivity index (χ4v) is 7.51. The highest BCUT2D eigenvalue weighted by Gasteiger charge is 2.24. The molecular formula is C21H22N4OS3. The molecule has 0 aliphatic heterocycles. The average molecular weight is 443 g/mol. The van der Waals surface area contributed by atoms with E-state index in [-0.39, 0.29) is 10.8 Å². The maximum atomic E-state index is 12.9. The molecule has 0 spiro atoms. The van der Waals surface area contributed by atoms with E-state index in [9.17, 15) is 4.79 Å². The number of fused-ring (bicyclic) bond motifs is 4. The van der Waals surface area contributed by atoms with Gasteiger partial charge < -0.3 is 4.98 Å². The van der Waals surface area contributed by atoms with Crippen LogP contribution in [0.2, 0.25) is 0 Å². The molecule has 1 N–H and O–H groups in total.